The van der Waals surface area contributed by atoms with Crippen LogP contribution in [0.1, 0.15) is 16.1 Å². The van der Waals surface area contributed by atoms with Crippen molar-refractivity contribution in [2.24, 2.45) is 5.73 Å². The molecule has 1 atom stereocenters. The number of carbonyl (C=O) groups is 1. The molecule has 1 aliphatic heterocycles. The fourth-order valence-corrected chi connectivity index (χ4v) is 1.92. The minimum Gasteiger partial charge on any atom is -0.394 e. The third-order valence-electron chi connectivity index (χ3n) is 2.95. The SMILES string of the molecule is NCC#Cc1ccc(C(=O)N2CCOC(CO)C2)nc1. The van der Waals surface area contributed by atoms with E-state index in [4.69, 9.17) is 15.6 Å². The summed E-state index contributed by atoms with van der Waals surface area (Å²) in [6.45, 7) is 1.51. The van der Waals surface area contributed by atoms with Gasteiger partial charge in [-0.3, -0.25) is 4.79 Å². The number of carbonyl (C=O) groups excluding carboxylic acids is 1. The second-order valence-corrected chi connectivity index (χ2v) is 4.36. The van der Waals surface area contributed by atoms with Gasteiger partial charge in [0.25, 0.3) is 5.91 Å². The van der Waals surface area contributed by atoms with E-state index in [1.165, 1.54) is 0 Å². The van der Waals surface area contributed by atoms with Crippen LogP contribution in [-0.2, 0) is 4.74 Å². The van der Waals surface area contributed by atoms with Gasteiger partial charge in [0.2, 0.25) is 0 Å². The normalized spacial score (nSPS) is 18.3. The van der Waals surface area contributed by atoms with E-state index in [0.29, 0.717) is 25.4 Å². The molecule has 1 aromatic heterocycles. The zero-order valence-corrected chi connectivity index (χ0v) is 11.1. The number of rotatable bonds is 2. The summed E-state index contributed by atoms with van der Waals surface area (Å²) in [5.74, 6) is 5.42. The molecule has 0 bridgehead atoms. The number of hydrogen-bond donors (Lipinski definition) is 2. The fourth-order valence-electron chi connectivity index (χ4n) is 1.92. The van der Waals surface area contributed by atoms with E-state index in [2.05, 4.69) is 16.8 Å². The highest BCUT2D eigenvalue weighted by atomic mass is 16.5. The van der Waals surface area contributed by atoms with Crippen molar-refractivity contribution in [1.29, 1.82) is 0 Å². The maximum absolute atomic E-state index is 12.3. The minimum atomic E-state index is -0.317. The average molecular weight is 275 g/mol. The molecule has 2 heterocycles. The second-order valence-electron chi connectivity index (χ2n) is 4.36. The number of aromatic nitrogens is 1. The number of nitrogens with zero attached hydrogens (tertiary/aromatic N) is 2. The third-order valence-corrected chi connectivity index (χ3v) is 2.95. The first kappa shape index (κ1) is 14.5. The van der Waals surface area contributed by atoms with E-state index in [0.717, 1.165) is 5.56 Å². The lowest BCUT2D eigenvalue weighted by Crippen LogP contribution is -2.47. The standard InChI is InChI=1S/C14H17N3O3/c15-5-1-2-11-3-4-13(16-8-11)14(19)17-6-7-20-12(9-17)10-18/h3-4,8,12,18H,5-7,9-10,15H2. The summed E-state index contributed by atoms with van der Waals surface area (Å²) in [6, 6.07) is 3.39. The lowest BCUT2D eigenvalue weighted by molar-refractivity contribution is -0.0448. The molecule has 2 rings (SSSR count). The lowest BCUT2D eigenvalue weighted by Gasteiger charge is -2.31. The molecule has 0 aliphatic carbocycles. The van der Waals surface area contributed by atoms with Gasteiger partial charge in [-0.1, -0.05) is 11.8 Å². The molecular weight excluding hydrogens is 258 g/mol. The number of morpholine rings is 1. The molecule has 1 fully saturated rings. The monoisotopic (exact) mass is 275 g/mol. The molecule has 1 unspecified atom stereocenters. The molecule has 106 valence electrons. The molecule has 3 N–H and O–H groups in total. The first-order valence-electron chi connectivity index (χ1n) is 6.41. The van der Waals surface area contributed by atoms with Crippen LogP contribution in [0.4, 0.5) is 0 Å². The molecule has 0 aromatic carbocycles. The summed E-state index contributed by atoms with van der Waals surface area (Å²) in [6.07, 6.45) is 1.24. The molecule has 20 heavy (non-hydrogen) atoms. The summed E-state index contributed by atoms with van der Waals surface area (Å²) in [7, 11) is 0. The molecule has 1 aromatic rings. The highest BCUT2D eigenvalue weighted by molar-refractivity contribution is 5.92. The molecule has 1 saturated heterocycles. The Balaban J connectivity index is 2.05. The Morgan fingerprint density at radius 1 is 1.60 bits per heavy atom. The molecule has 0 spiro atoms. The maximum Gasteiger partial charge on any atom is 0.272 e. The first-order chi connectivity index (χ1) is 9.74. The van der Waals surface area contributed by atoms with Crippen LogP contribution < -0.4 is 5.73 Å². The maximum atomic E-state index is 12.3. The van der Waals surface area contributed by atoms with Gasteiger partial charge < -0.3 is 20.5 Å². The Labute approximate surface area is 117 Å². The van der Waals surface area contributed by atoms with Gasteiger partial charge >= 0.3 is 0 Å². The Hall–Kier alpha value is -1.94. The van der Waals surface area contributed by atoms with Gasteiger partial charge in [-0.05, 0) is 12.1 Å². The lowest BCUT2D eigenvalue weighted by atomic mass is 10.2. The van der Waals surface area contributed by atoms with Crippen molar-refractivity contribution in [3.63, 3.8) is 0 Å². The van der Waals surface area contributed by atoms with Crippen molar-refractivity contribution in [2.45, 2.75) is 6.10 Å². The van der Waals surface area contributed by atoms with Crippen molar-refractivity contribution >= 4 is 5.91 Å². The molecule has 6 heteroatoms. The molecule has 0 saturated carbocycles. The second kappa shape index (κ2) is 7.01. The molecular formula is C14H17N3O3. The first-order valence-corrected chi connectivity index (χ1v) is 6.41. The third kappa shape index (κ3) is 3.54. The number of amides is 1. The van der Waals surface area contributed by atoms with Crippen molar-refractivity contribution in [3.8, 4) is 11.8 Å². The summed E-state index contributed by atoms with van der Waals surface area (Å²) in [4.78, 5) is 18.0. The van der Waals surface area contributed by atoms with Gasteiger partial charge in [0, 0.05) is 24.8 Å². The fraction of sp³-hybridized carbons (Fsp3) is 0.429. The van der Waals surface area contributed by atoms with Crippen LogP contribution in [0.25, 0.3) is 0 Å². The van der Waals surface area contributed by atoms with Crippen molar-refractivity contribution in [1.82, 2.24) is 9.88 Å². The van der Waals surface area contributed by atoms with Gasteiger partial charge in [-0.25, -0.2) is 4.98 Å². The largest absolute Gasteiger partial charge is 0.394 e. The van der Waals surface area contributed by atoms with E-state index < -0.39 is 0 Å². The summed E-state index contributed by atoms with van der Waals surface area (Å²) in [5.41, 5.74) is 6.38. The summed E-state index contributed by atoms with van der Waals surface area (Å²) >= 11 is 0. The Morgan fingerprint density at radius 3 is 3.10 bits per heavy atom. The van der Waals surface area contributed by atoms with Crippen LogP contribution in [0.15, 0.2) is 18.3 Å². The molecule has 1 aliphatic rings. The number of hydrogen-bond acceptors (Lipinski definition) is 5. The van der Waals surface area contributed by atoms with Crippen molar-refractivity contribution in [3.05, 3.63) is 29.6 Å². The van der Waals surface area contributed by atoms with Gasteiger partial charge in [-0.15, -0.1) is 0 Å². The number of aliphatic hydroxyl groups is 1. The van der Waals surface area contributed by atoms with Crippen LogP contribution in [0.3, 0.4) is 0 Å². The summed E-state index contributed by atoms with van der Waals surface area (Å²) < 4.78 is 5.31. The topological polar surface area (TPSA) is 88.7 Å². The Morgan fingerprint density at radius 2 is 2.45 bits per heavy atom. The highest BCUT2D eigenvalue weighted by Crippen LogP contribution is 2.09. The van der Waals surface area contributed by atoms with Gasteiger partial charge in [0.1, 0.15) is 5.69 Å². The van der Waals surface area contributed by atoms with E-state index in [-0.39, 0.29) is 25.2 Å². The quantitative estimate of drug-likeness (QED) is 0.692. The van der Waals surface area contributed by atoms with Crippen molar-refractivity contribution in [2.75, 3.05) is 32.8 Å². The zero-order chi connectivity index (χ0) is 14.4. The van der Waals surface area contributed by atoms with Gasteiger partial charge in [0.15, 0.2) is 0 Å². The number of aliphatic hydroxyl groups excluding tert-OH is 1. The molecule has 0 radical (unpaired) electrons. The van der Waals surface area contributed by atoms with E-state index in [9.17, 15) is 4.79 Å². The van der Waals surface area contributed by atoms with Crippen molar-refractivity contribution < 1.29 is 14.6 Å². The van der Waals surface area contributed by atoms with E-state index in [1.807, 2.05) is 0 Å². The zero-order valence-electron chi connectivity index (χ0n) is 11.1. The average Bonchev–Trinajstić information content (AvgIpc) is 2.52. The van der Waals surface area contributed by atoms with Gasteiger partial charge in [-0.2, -0.15) is 0 Å². The van der Waals surface area contributed by atoms with Crippen LogP contribution in [0, 0.1) is 11.8 Å². The van der Waals surface area contributed by atoms with Crippen LogP contribution in [0.5, 0.6) is 0 Å². The smallest absolute Gasteiger partial charge is 0.272 e. The minimum absolute atomic E-state index is 0.0924. The molecule has 1 amide bonds. The predicted molar refractivity (Wildman–Crippen MR) is 72.9 cm³/mol. The summed E-state index contributed by atoms with van der Waals surface area (Å²) in [5, 5.41) is 9.08. The van der Waals surface area contributed by atoms with E-state index in [1.54, 1.807) is 23.2 Å². The number of ether oxygens (including phenoxy) is 1. The van der Waals surface area contributed by atoms with E-state index >= 15 is 0 Å². The molecule has 6 nitrogen and oxygen atoms in total. The Kier molecular flexibility index (Phi) is 5.07. The van der Waals surface area contributed by atoms with Crippen LogP contribution in [-0.4, -0.2) is 59.8 Å². The predicted octanol–water partition coefficient (Wildman–Crippen LogP) is -0.775. The van der Waals surface area contributed by atoms with Crippen LogP contribution in [0.2, 0.25) is 0 Å². The number of pyridine rings is 1. The van der Waals surface area contributed by atoms with Crippen LogP contribution >= 0.6 is 0 Å². The Bertz CT molecular complexity index is 519. The number of nitrogens with two attached hydrogens (primary N) is 1. The van der Waals surface area contributed by atoms with Gasteiger partial charge in [0.05, 0.1) is 25.9 Å². The highest BCUT2D eigenvalue weighted by Gasteiger charge is 2.25.